The number of halogens is 2. The number of oxime groups is 1. The summed E-state index contributed by atoms with van der Waals surface area (Å²) in [7, 11) is 0. The third-order valence-corrected chi connectivity index (χ3v) is 4.89. The van der Waals surface area contributed by atoms with E-state index in [1.54, 1.807) is 41.3 Å². The fraction of sp³-hybridized carbons (Fsp3) is 0.182. The van der Waals surface area contributed by atoms with Gasteiger partial charge in [-0.1, -0.05) is 41.0 Å². The SMILES string of the molecule is O=C(c1ccco1)N(Cc1ccc(F)cc1)CC1CC(c2ccc(Cl)cc2)=NO1. The standard InChI is InChI=1S/C22H18ClFN2O3/c23-17-7-5-16(6-8-17)20-12-19(29-25-20)14-26(22(27)21-2-1-11-28-21)13-15-3-9-18(24)10-4-15/h1-11,19H,12-14H2. The smallest absolute Gasteiger partial charge is 0.289 e. The highest BCUT2D eigenvalue weighted by Crippen LogP contribution is 2.21. The van der Waals surface area contributed by atoms with Crippen molar-refractivity contribution in [2.45, 2.75) is 19.1 Å². The van der Waals surface area contributed by atoms with Crippen LogP contribution in [0.2, 0.25) is 5.02 Å². The van der Waals surface area contributed by atoms with Crippen LogP contribution >= 0.6 is 11.6 Å². The summed E-state index contributed by atoms with van der Waals surface area (Å²) in [4.78, 5) is 20.1. The minimum Gasteiger partial charge on any atom is -0.459 e. The summed E-state index contributed by atoms with van der Waals surface area (Å²) < 4.78 is 18.5. The lowest BCUT2D eigenvalue weighted by atomic mass is 10.0. The van der Waals surface area contributed by atoms with Crippen LogP contribution in [0.3, 0.4) is 0 Å². The van der Waals surface area contributed by atoms with Gasteiger partial charge in [0.05, 0.1) is 18.5 Å². The molecule has 1 aromatic heterocycles. The molecule has 1 unspecified atom stereocenters. The number of furan rings is 1. The van der Waals surface area contributed by atoms with E-state index in [2.05, 4.69) is 5.16 Å². The van der Waals surface area contributed by atoms with Crippen LogP contribution in [-0.2, 0) is 11.4 Å². The highest BCUT2D eigenvalue weighted by atomic mass is 35.5. The summed E-state index contributed by atoms with van der Waals surface area (Å²) >= 11 is 5.94. The number of carbonyl (C=O) groups excluding carboxylic acids is 1. The summed E-state index contributed by atoms with van der Waals surface area (Å²) in [6.07, 6.45) is 1.73. The van der Waals surface area contributed by atoms with Gasteiger partial charge in [-0.2, -0.15) is 0 Å². The van der Waals surface area contributed by atoms with E-state index in [9.17, 15) is 9.18 Å². The zero-order chi connectivity index (χ0) is 20.2. The van der Waals surface area contributed by atoms with Gasteiger partial charge in [0.25, 0.3) is 5.91 Å². The number of nitrogens with zero attached hydrogens (tertiary/aromatic N) is 2. The van der Waals surface area contributed by atoms with Gasteiger partial charge < -0.3 is 14.2 Å². The molecule has 0 saturated heterocycles. The quantitative estimate of drug-likeness (QED) is 0.578. The molecule has 1 amide bonds. The van der Waals surface area contributed by atoms with Crippen LogP contribution in [0.4, 0.5) is 4.39 Å². The minimum atomic E-state index is -0.321. The van der Waals surface area contributed by atoms with Crippen molar-refractivity contribution in [3.63, 3.8) is 0 Å². The Kier molecular flexibility index (Phi) is 5.62. The van der Waals surface area contributed by atoms with Crippen molar-refractivity contribution in [1.29, 1.82) is 0 Å². The molecule has 29 heavy (non-hydrogen) atoms. The lowest BCUT2D eigenvalue weighted by Gasteiger charge is -2.24. The highest BCUT2D eigenvalue weighted by Gasteiger charge is 2.28. The molecule has 0 bridgehead atoms. The molecular formula is C22H18ClFN2O3. The Bertz CT molecular complexity index is 1000. The first kappa shape index (κ1) is 19.2. The Morgan fingerprint density at radius 3 is 2.59 bits per heavy atom. The summed E-state index contributed by atoms with van der Waals surface area (Å²) in [6.45, 7) is 0.619. The van der Waals surface area contributed by atoms with Crippen LogP contribution in [0, 0.1) is 5.82 Å². The number of rotatable bonds is 6. The fourth-order valence-corrected chi connectivity index (χ4v) is 3.30. The van der Waals surface area contributed by atoms with E-state index >= 15 is 0 Å². The number of hydrogen-bond donors (Lipinski definition) is 0. The van der Waals surface area contributed by atoms with Crippen molar-refractivity contribution in [3.8, 4) is 0 Å². The summed E-state index contributed by atoms with van der Waals surface area (Å²) in [5.74, 6) is -0.343. The van der Waals surface area contributed by atoms with E-state index in [1.165, 1.54) is 18.4 Å². The van der Waals surface area contributed by atoms with Crippen molar-refractivity contribution < 1.29 is 18.4 Å². The summed E-state index contributed by atoms with van der Waals surface area (Å²) in [6, 6.07) is 16.7. The first-order chi connectivity index (χ1) is 14.1. The zero-order valence-corrected chi connectivity index (χ0v) is 16.2. The Morgan fingerprint density at radius 1 is 1.14 bits per heavy atom. The predicted octanol–water partition coefficient (Wildman–Crippen LogP) is 4.91. The van der Waals surface area contributed by atoms with E-state index in [4.69, 9.17) is 20.9 Å². The number of hydrogen-bond acceptors (Lipinski definition) is 4. The number of carbonyl (C=O) groups is 1. The average molecular weight is 413 g/mol. The maximum absolute atomic E-state index is 13.2. The highest BCUT2D eigenvalue weighted by molar-refractivity contribution is 6.30. The van der Waals surface area contributed by atoms with Crippen LogP contribution in [0.1, 0.15) is 28.1 Å². The van der Waals surface area contributed by atoms with Crippen molar-refractivity contribution in [2.75, 3.05) is 6.54 Å². The van der Waals surface area contributed by atoms with Crippen molar-refractivity contribution in [1.82, 2.24) is 4.90 Å². The van der Waals surface area contributed by atoms with Crippen LogP contribution in [-0.4, -0.2) is 29.2 Å². The Hall–Kier alpha value is -3.12. The van der Waals surface area contributed by atoms with Crippen LogP contribution < -0.4 is 0 Å². The topological polar surface area (TPSA) is 55.0 Å². The van der Waals surface area contributed by atoms with E-state index in [0.29, 0.717) is 24.5 Å². The first-order valence-corrected chi connectivity index (χ1v) is 9.52. The van der Waals surface area contributed by atoms with Gasteiger partial charge in [0.1, 0.15) is 5.82 Å². The molecule has 4 rings (SSSR count). The molecule has 5 nitrogen and oxygen atoms in total. The maximum Gasteiger partial charge on any atom is 0.289 e. The Morgan fingerprint density at radius 2 is 1.90 bits per heavy atom. The molecule has 0 N–H and O–H groups in total. The summed E-state index contributed by atoms with van der Waals surface area (Å²) in [5, 5.41) is 4.83. The lowest BCUT2D eigenvalue weighted by Crippen LogP contribution is -2.37. The van der Waals surface area contributed by atoms with E-state index in [-0.39, 0.29) is 23.6 Å². The van der Waals surface area contributed by atoms with Gasteiger partial charge in [0.2, 0.25) is 0 Å². The van der Waals surface area contributed by atoms with Gasteiger partial charge in [-0.25, -0.2) is 4.39 Å². The second kappa shape index (κ2) is 8.49. The molecule has 0 radical (unpaired) electrons. The third-order valence-electron chi connectivity index (χ3n) is 4.64. The van der Waals surface area contributed by atoms with Gasteiger partial charge in [-0.15, -0.1) is 0 Å². The molecule has 148 valence electrons. The molecule has 2 heterocycles. The monoisotopic (exact) mass is 412 g/mol. The molecule has 1 aliphatic heterocycles. The largest absolute Gasteiger partial charge is 0.459 e. The van der Waals surface area contributed by atoms with Gasteiger partial charge in [-0.3, -0.25) is 4.79 Å². The van der Waals surface area contributed by atoms with Gasteiger partial charge in [0.15, 0.2) is 11.9 Å². The molecule has 3 aromatic rings. The molecule has 0 saturated carbocycles. The van der Waals surface area contributed by atoms with Crippen LogP contribution in [0.5, 0.6) is 0 Å². The molecular weight excluding hydrogens is 395 g/mol. The Balaban J connectivity index is 1.47. The third kappa shape index (κ3) is 4.66. The van der Waals surface area contributed by atoms with E-state index < -0.39 is 0 Å². The first-order valence-electron chi connectivity index (χ1n) is 9.14. The summed E-state index contributed by atoms with van der Waals surface area (Å²) in [5.41, 5.74) is 2.54. The molecule has 0 fully saturated rings. The second-order valence-corrected chi connectivity index (χ2v) is 7.20. The molecule has 1 aliphatic rings. The van der Waals surface area contributed by atoms with Crippen LogP contribution in [0.15, 0.2) is 76.5 Å². The number of benzene rings is 2. The normalized spacial score (nSPS) is 15.7. The minimum absolute atomic E-state index is 0.240. The van der Waals surface area contributed by atoms with Crippen molar-refractivity contribution in [3.05, 3.63) is 94.7 Å². The van der Waals surface area contributed by atoms with E-state index in [0.717, 1.165) is 16.8 Å². The van der Waals surface area contributed by atoms with Crippen LogP contribution in [0.25, 0.3) is 0 Å². The number of amides is 1. The van der Waals surface area contributed by atoms with E-state index in [1.807, 2.05) is 12.1 Å². The molecule has 2 aromatic carbocycles. The zero-order valence-electron chi connectivity index (χ0n) is 15.4. The van der Waals surface area contributed by atoms with Gasteiger partial charge in [-0.05, 0) is 47.5 Å². The molecule has 0 spiro atoms. The fourth-order valence-electron chi connectivity index (χ4n) is 3.17. The molecule has 0 aliphatic carbocycles. The van der Waals surface area contributed by atoms with Crippen molar-refractivity contribution in [2.24, 2.45) is 5.16 Å². The Labute approximate surface area is 172 Å². The lowest BCUT2D eigenvalue weighted by molar-refractivity contribution is 0.0387. The predicted molar refractivity (Wildman–Crippen MR) is 107 cm³/mol. The average Bonchev–Trinajstić information content (AvgIpc) is 3.41. The molecule has 7 heteroatoms. The molecule has 1 atom stereocenters. The van der Waals surface area contributed by atoms with Gasteiger partial charge >= 0.3 is 0 Å². The maximum atomic E-state index is 13.2. The van der Waals surface area contributed by atoms with Gasteiger partial charge in [0, 0.05) is 18.0 Å². The second-order valence-electron chi connectivity index (χ2n) is 6.77. The van der Waals surface area contributed by atoms with Crippen molar-refractivity contribution >= 4 is 23.2 Å².